The van der Waals surface area contributed by atoms with Crippen molar-refractivity contribution in [3.63, 3.8) is 0 Å². The van der Waals surface area contributed by atoms with Crippen molar-refractivity contribution in [3.05, 3.63) is 60.3 Å². The van der Waals surface area contributed by atoms with E-state index in [0.29, 0.717) is 12.5 Å². The Morgan fingerprint density at radius 3 is 2.96 bits per heavy atom. The third-order valence-corrected chi connectivity index (χ3v) is 4.40. The predicted molar refractivity (Wildman–Crippen MR) is 92.9 cm³/mol. The summed E-state index contributed by atoms with van der Waals surface area (Å²) in [6.07, 6.45) is 7.74. The first-order valence-electron chi connectivity index (χ1n) is 8.37. The number of para-hydroxylation sites is 1. The normalized spacial score (nSPS) is 15.4. The zero-order valence-corrected chi connectivity index (χ0v) is 13.6. The zero-order valence-electron chi connectivity index (χ0n) is 13.6. The summed E-state index contributed by atoms with van der Waals surface area (Å²) in [6, 6.07) is 9.85. The van der Waals surface area contributed by atoms with Gasteiger partial charge in [0.15, 0.2) is 0 Å². The number of carbonyl (C=O) groups is 1. The number of hydrogen-bond donors (Lipinski definition) is 1. The Morgan fingerprint density at radius 2 is 2.21 bits per heavy atom. The van der Waals surface area contributed by atoms with Gasteiger partial charge in [-0.1, -0.05) is 18.2 Å². The summed E-state index contributed by atoms with van der Waals surface area (Å²) in [5, 5.41) is 4.01. The lowest BCUT2D eigenvalue weighted by molar-refractivity contribution is 0.0938. The summed E-state index contributed by atoms with van der Waals surface area (Å²) in [5.41, 5.74) is 2.66. The van der Waals surface area contributed by atoms with Crippen molar-refractivity contribution < 1.29 is 4.79 Å². The number of pyridine rings is 1. The van der Waals surface area contributed by atoms with Crippen molar-refractivity contribution in [2.45, 2.75) is 38.3 Å². The standard InChI is InChI=1S/C19H20N4O/c1-13(11-23-9-8-20-12-23)21-19(24)16-10-18(14-6-7-14)22-17-5-3-2-4-15(16)17/h2-5,8-10,12-14H,6-7,11H2,1H3,(H,21,24). The summed E-state index contributed by atoms with van der Waals surface area (Å²) >= 11 is 0. The number of nitrogens with zero attached hydrogens (tertiary/aromatic N) is 3. The average molecular weight is 320 g/mol. The van der Waals surface area contributed by atoms with Crippen LogP contribution in [0.1, 0.15) is 41.7 Å². The smallest absolute Gasteiger partial charge is 0.252 e. The third kappa shape index (κ3) is 3.02. The Hall–Kier alpha value is -2.69. The zero-order chi connectivity index (χ0) is 16.5. The van der Waals surface area contributed by atoms with Crippen molar-refractivity contribution in [1.82, 2.24) is 19.9 Å². The van der Waals surface area contributed by atoms with E-state index in [1.54, 1.807) is 12.5 Å². The molecule has 1 atom stereocenters. The van der Waals surface area contributed by atoms with E-state index in [9.17, 15) is 4.79 Å². The van der Waals surface area contributed by atoms with Gasteiger partial charge in [-0.3, -0.25) is 9.78 Å². The topological polar surface area (TPSA) is 59.8 Å². The van der Waals surface area contributed by atoms with Crippen LogP contribution in [0.15, 0.2) is 49.1 Å². The van der Waals surface area contributed by atoms with E-state index >= 15 is 0 Å². The molecule has 1 aromatic carbocycles. The highest BCUT2D eigenvalue weighted by molar-refractivity contribution is 6.06. The molecule has 3 aromatic rings. The van der Waals surface area contributed by atoms with Crippen LogP contribution in [0.25, 0.3) is 10.9 Å². The van der Waals surface area contributed by atoms with E-state index in [-0.39, 0.29) is 11.9 Å². The number of rotatable bonds is 5. The molecule has 0 aliphatic heterocycles. The third-order valence-electron chi connectivity index (χ3n) is 4.40. The molecule has 4 rings (SSSR count). The first-order valence-corrected chi connectivity index (χ1v) is 8.37. The van der Waals surface area contributed by atoms with E-state index in [4.69, 9.17) is 4.98 Å². The molecule has 1 N–H and O–H groups in total. The van der Waals surface area contributed by atoms with Gasteiger partial charge in [-0.2, -0.15) is 0 Å². The summed E-state index contributed by atoms with van der Waals surface area (Å²) in [6.45, 7) is 2.70. The van der Waals surface area contributed by atoms with Crippen LogP contribution in [0.5, 0.6) is 0 Å². The maximum absolute atomic E-state index is 12.8. The highest BCUT2D eigenvalue weighted by atomic mass is 16.1. The minimum absolute atomic E-state index is 0.0167. The summed E-state index contributed by atoms with van der Waals surface area (Å²) < 4.78 is 1.96. The fourth-order valence-electron chi connectivity index (χ4n) is 3.03. The lowest BCUT2D eigenvalue weighted by Crippen LogP contribution is -2.35. The van der Waals surface area contributed by atoms with E-state index in [0.717, 1.165) is 22.2 Å². The fourth-order valence-corrected chi connectivity index (χ4v) is 3.03. The molecule has 24 heavy (non-hydrogen) atoms. The number of amides is 1. The maximum Gasteiger partial charge on any atom is 0.252 e. The molecular formula is C19H20N4O. The minimum atomic E-state index is -0.0388. The number of aromatic nitrogens is 3. The van der Waals surface area contributed by atoms with Gasteiger partial charge in [0.1, 0.15) is 0 Å². The fraction of sp³-hybridized carbons (Fsp3) is 0.316. The van der Waals surface area contributed by atoms with Crippen LogP contribution in [0.3, 0.4) is 0 Å². The molecule has 1 aliphatic rings. The predicted octanol–water partition coefficient (Wildman–Crippen LogP) is 3.13. The van der Waals surface area contributed by atoms with E-state index in [1.165, 1.54) is 12.8 Å². The van der Waals surface area contributed by atoms with E-state index < -0.39 is 0 Å². The van der Waals surface area contributed by atoms with E-state index in [2.05, 4.69) is 10.3 Å². The molecule has 5 heteroatoms. The van der Waals surface area contributed by atoms with Gasteiger partial charge >= 0.3 is 0 Å². The Bertz CT molecular complexity index is 868. The van der Waals surface area contributed by atoms with Gasteiger partial charge in [0.25, 0.3) is 5.91 Å². The molecule has 0 spiro atoms. The minimum Gasteiger partial charge on any atom is -0.348 e. The number of imidazole rings is 1. The average Bonchev–Trinajstić information content (AvgIpc) is 3.32. The molecule has 1 unspecified atom stereocenters. The summed E-state index contributed by atoms with van der Waals surface area (Å²) in [7, 11) is 0. The molecule has 0 bridgehead atoms. The van der Waals surface area contributed by atoms with Gasteiger partial charge in [0.05, 0.1) is 17.4 Å². The monoisotopic (exact) mass is 320 g/mol. The summed E-state index contributed by atoms with van der Waals surface area (Å²) in [4.78, 5) is 21.6. The molecule has 1 fully saturated rings. The van der Waals surface area contributed by atoms with Crippen molar-refractivity contribution in [2.24, 2.45) is 0 Å². The van der Waals surface area contributed by atoms with Gasteiger partial charge in [-0.25, -0.2) is 4.98 Å². The maximum atomic E-state index is 12.8. The Morgan fingerprint density at radius 1 is 1.38 bits per heavy atom. The van der Waals surface area contributed by atoms with Crippen molar-refractivity contribution in [1.29, 1.82) is 0 Å². The van der Waals surface area contributed by atoms with Gasteiger partial charge in [-0.15, -0.1) is 0 Å². The second-order valence-electron chi connectivity index (χ2n) is 6.52. The highest BCUT2D eigenvalue weighted by Crippen LogP contribution is 2.40. The number of benzene rings is 1. The second-order valence-corrected chi connectivity index (χ2v) is 6.52. The first kappa shape index (κ1) is 14.9. The molecule has 0 saturated heterocycles. The van der Waals surface area contributed by atoms with Crippen LogP contribution in [-0.2, 0) is 6.54 Å². The largest absolute Gasteiger partial charge is 0.348 e. The SMILES string of the molecule is CC(Cn1ccnc1)NC(=O)c1cc(C2CC2)nc2ccccc12. The van der Waals surface area contributed by atoms with Crippen molar-refractivity contribution >= 4 is 16.8 Å². The molecule has 1 aliphatic carbocycles. The van der Waals surface area contributed by atoms with Gasteiger partial charge in [0, 0.05) is 42.0 Å². The van der Waals surface area contributed by atoms with Crippen molar-refractivity contribution in [3.8, 4) is 0 Å². The summed E-state index contributed by atoms with van der Waals surface area (Å²) in [5.74, 6) is 0.479. The molecular weight excluding hydrogens is 300 g/mol. The van der Waals surface area contributed by atoms with Crippen LogP contribution in [-0.4, -0.2) is 26.5 Å². The molecule has 1 saturated carbocycles. The van der Waals surface area contributed by atoms with Gasteiger partial charge < -0.3 is 9.88 Å². The molecule has 2 aromatic heterocycles. The number of hydrogen-bond acceptors (Lipinski definition) is 3. The lowest BCUT2D eigenvalue weighted by Gasteiger charge is -2.16. The molecule has 5 nitrogen and oxygen atoms in total. The van der Waals surface area contributed by atoms with Crippen LogP contribution >= 0.6 is 0 Å². The Labute approximate surface area is 140 Å². The lowest BCUT2D eigenvalue weighted by atomic mass is 10.0. The Balaban J connectivity index is 1.61. The van der Waals surface area contributed by atoms with E-state index in [1.807, 2.05) is 48.0 Å². The van der Waals surface area contributed by atoms with Crippen LogP contribution < -0.4 is 5.32 Å². The van der Waals surface area contributed by atoms with Gasteiger partial charge in [-0.05, 0) is 31.9 Å². The molecule has 2 heterocycles. The second kappa shape index (κ2) is 6.07. The van der Waals surface area contributed by atoms with Crippen LogP contribution in [0, 0.1) is 0 Å². The highest BCUT2D eigenvalue weighted by Gasteiger charge is 2.27. The van der Waals surface area contributed by atoms with Gasteiger partial charge in [0.2, 0.25) is 0 Å². The quantitative estimate of drug-likeness (QED) is 0.786. The molecule has 0 radical (unpaired) electrons. The van der Waals surface area contributed by atoms with Crippen LogP contribution in [0.2, 0.25) is 0 Å². The van der Waals surface area contributed by atoms with Crippen LogP contribution in [0.4, 0.5) is 0 Å². The van der Waals surface area contributed by atoms with Crippen molar-refractivity contribution in [2.75, 3.05) is 0 Å². The molecule has 1 amide bonds. The number of nitrogens with one attached hydrogen (secondary N) is 1. The Kier molecular flexibility index (Phi) is 3.76. The number of fused-ring (bicyclic) bond motifs is 1. The number of carbonyl (C=O) groups excluding carboxylic acids is 1. The first-order chi connectivity index (χ1) is 11.7. The molecule has 122 valence electrons.